The molecule has 0 heterocycles. The highest BCUT2D eigenvalue weighted by Gasteiger charge is 2.17. The van der Waals surface area contributed by atoms with Gasteiger partial charge in [0.25, 0.3) is 0 Å². The van der Waals surface area contributed by atoms with Crippen molar-refractivity contribution in [2.45, 2.75) is 19.9 Å². The van der Waals surface area contributed by atoms with Crippen LogP contribution in [0.15, 0.2) is 34.8 Å². The van der Waals surface area contributed by atoms with Gasteiger partial charge in [-0.3, -0.25) is 0 Å². The SMILES string of the molecule is COc1cc(C)c(Br)cc1C(N)c1cc(C)cc(F)c1. The molecule has 2 nitrogen and oxygen atoms in total. The van der Waals surface area contributed by atoms with Crippen LogP contribution >= 0.6 is 15.9 Å². The summed E-state index contributed by atoms with van der Waals surface area (Å²) in [6.45, 7) is 3.83. The molecular weight excluding hydrogens is 321 g/mol. The highest BCUT2D eigenvalue weighted by Crippen LogP contribution is 2.33. The average molecular weight is 338 g/mol. The smallest absolute Gasteiger partial charge is 0.124 e. The zero-order valence-corrected chi connectivity index (χ0v) is 13.3. The molecule has 106 valence electrons. The van der Waals surface area contributed by atoms with Crippen LogP contribution in [0.5, 0.6) is 5.75 Å². The predicted molar refractivity (Wildman–Crippen MR) is 82.6 cm³/mol. The van der Waals surface area contributed by atoms with Gasteiger partial charge in [0.1, 0.15) is 11.6 Å². The molecule has 2 N–H and O–H groups in total. The van der Waals surface area contributed by atoms with E-state index in [9.17, 15) is 4.39 Å². The van der Waals surface area contributed by atoms with Crippen molar-refractivity contribution < 1.29 is 9.13 Å². The van der Waals surface area contributed by atoms with Crippen molar-refractivity contribution in [1.82, 2.24) is 0 Å². The van der Waals surface area contributed by atoms with Crippen molar-refractivity contribution in [2.75, 3.05) is 7.11 Å². The van der Waals surface area contributed by atoms with Gasteiger partial charge in [-0.05, 0) is 54.8 Å². The Morgan fingerprint density at radius 3 is 2.45 bits per heavy atom. The Bertz CT molecular complexity index is 622. The van der Waals surface area contributed by atoms with E-state index in [4.69, 9.17) is 10.5 Å². The lowest BCUT2D eigenvalue weighted by atomic mass is 9.96. The zero-order valence-electron chi connectivity index (χ0n) is 11.7. The lowest BCUT2D eigenvalue weighted by molar-refractivity contribution is 0.407. The third-order valence-electron chi connectivity index (χ3n) is 3.27. The number of halogens is 2. The standard InChI is InChI=1S/C16H17BrFNO/c1-9-4-11(7-12(18)5-9)16(19)13-8-14(17)10(2)6-15(13)20-3/h4-8,16H,19H2,1-3H3. The topological polar surface area (TPSA) is 35.2 Å². The summed E-state index contributed by atoms with van der Waals surface area (Å²) in [6.07, 6.45) is 0. The molecule has 2 aromatic carbocycles. The first-order chi connectivity index (χ1) is 9.42. The lowest BCUT2D eigenvalue weighted by Gasteiger charge is -2.18. The molecule has 0 fully saturated rings. The third-order valence-corrected chi connectivity index (χ3v) is 4.12. The maximum atomic E-state index is 13.5. The van der Waals surface area contributed by atoms with E-state index in [2.05, 4.69) is 15.9 Å². The van der Waals surface area contributed by atoms with Crippen molar-refractivity contribution >= 4 is 15.9 Å². The summed E-state index contributed by atoms with van der Waals surface area (Å²) in [5.74, 6) is 0.431. The van der Waals surface area contributed by atoms with Gasteiger partial charge in [0, 0.05) is 10.0 Å². The summed E-state index contributed by atoms with van der Waals surface area (Å²) >= 11 is 3.49. The first-order valence-electron chi connectivity index (χ1n) is 6.29. The Morgan fingerprint density at radius 1 is 1.15 bits per heavy atom. The van der Waals surface area contributed by atoms with Crippen LogP contribution in [0.25, 0.3) is 0 Å². The molecule has 0 aliphatic rings. The lowest BCUT2D eigenvalue weighted by Crippen LogP contribution is -2.14. The normalized spacial score (nSPS) is 12.3. The summed E-state index contributed by atoms with van der Waals surface area (Å²) in [7, 11) is 1.61. The maximum Gasteiger partial charge on any atom is 0.124 e. The van der Waals surface area contributed by atoms with Gasteiger partial charge in [0.15, 0.2) is 0 Å². The second kappa shape index (κ2) is 5.94. The Balaban J connectivity index is 2.52. The zero-order chi connectivity index (χ0) is 14.9. The minimum Gasteiger partial charge on any atom is -0.496 e. The highest BCUT2D eigenvalue weighted by atomic mass is 79.9. The quantitative estimate of drug-likeness (QED) is 0.907. The molecule has 0 radical (unpaired) electrons. The van der Waals surface area contributed by atoms with Crippen molar-refractivity contribution in [3.05, 3.63) is 62.9 Å². The first kappa shape index (κ1) is 15.0. The van der Waals surface area contributed by atoms with E-state index >= 15 is 0 Å². The van der Waals surface area contributed by atoms with Gasteiger partial charge in [-0.25, -0.2) is 4.39 Å². The summed E-state index contributed by atoms with van der Waals surface area (Å²) in [6, 6.07) is 8.26. The van der Waals surface area contributed by atoms with Crippen LogP contribution < -0.4 is 10.5 Å². The van der Waals surface area contributed by atoms with Crippen molar-refractivity contribution in [3.8, 4) is 5.75 Å². The minimum atomic E-state index is -0.434. The van der Waals surface area contributed by atoms with Gasteiger partial charge < -0.3 is 10.5 Å². The summed E-state index contributed by atoms with van der Waals surface area (Å²) in [5.41, 5.74) is 9.75. The van der Waals surface area contributed by atoms with E-state index in [1.807, 2.05) is 32.0 Å². The van der Waals surface area contributed by atoms with Gasteiger partial charge in [-0.15, -0.1) is 0 Å². The van der Waals surface area contributed by atoms with Crippen molar-refractivity contribution in [1.29, 1.82) is 0 Å². The fourth-order valence-electron chi connectivity index (χ4n) is 2.21. The van der Waals surface area contributed by atoms with Crippen molar-refractivity contribution in [3.63, 3.8) is 0 Å². The molecule has 0 spiro atoms. The fourth-order valence-corrected chi connectivity index (χ4v) is 2.58. The number of aryl methyl sites for hydroxylation is 2. The van der Waals surface area contributed by atoms with E-state index in [0.29, 0.717) is 5.75 Å². The highest BCUT2D eigenvalue weighted by molar-refractivity contribution is 9.10. The van der Waals surface area contributed by atoms with Gasteiger partial charge in [0.05, 0.1) is 13.2 Å². The van der Waals surface area contributed by atoms with Crippen LogP contribution in [0.1, 0.15) is 28.3 Å². The molecule has 0 aliphatic heterocycles. The van der Waals surface area contributed by atoms with Gasteiger partial charge in [-0.2, -0.15) is 0 Å². The van der Waals surface area contributed by atoms with Crippen LogP contribution in [-0.2, 0) is 0 Å². The number of hydrogen-bond acceptors (Lipinski definition) is 2. The number of rotatable bonds is 3. The summed E-state index contributed by atoms with van der Waals surface area (Å²) in [5, 5.41) is 0. The molecule has 0 bridgehead atoms. The van der Waals surface area contributed by atoms with Gasteiger partial charge in [-0.1, -0.05) is 22.0 Å². The Kier molecular flexibility index (Phi) is 4.45. The maximum absolute atomic E-state index is 13.5. The molecule has 0 aromatic heterocycles. The van der Waals surface area contributed by atoms with Gasteiger partial charge >= 0.3 is 0 Å². The monoisotopic (exact) mass is 337 g/mol. The summed E-state index contributed by atoms with van der Waals surface area (Å²) < 4.78 is 19.9. The molecule has 20 heavy (non-hydrogen) atoms. The molecule has 4 heteroatoms. The Morgan fingerprint density at radius 2 is 1.85 bits per heavy atom. The molecule has 1 atom stereocenters. The number of nitrogens with two attached hydrogens (primary N) is 1. The van der Waals surface area contributed by atoms with Crippen LogP contribution in [0.2, 0.25) is 0 Å². The molecule has 1 unspecified atom stereocenters. The molecule has 2 rings (SSSR count). The minimum absolute atomic E-state index is 0.277. The van der Waals surface area contributed by atoms with E-state index in [0.717, 1.165) is 26.7 Å². The molecule has 2 aromatic rings. The van der Waals surface area contributed by atoms with Crippen LogP contribution in [0, 0.1) is 19.7 Å². The van der Waals surface area contributed by atoms with E-state index in [1.54, 1.807) is 7.11 Å². The van der Waals surface area contributed by atoms with Crippen LogP contribution in [-0.4, -0.2) is 7.11 Å². The summed E-state index contributed by atoms with van der Waals surface area (Å²) in [4.78, 5) is 0. The van der Waals surface area contributed by atoms with E-state index in [-0.39, 0.29) is 5.82 Å². The largest absolute Gasteiger partial charge is 0.496 e. The average Bonchev–Trinajstić information content (AvgIpc) is 2.39. The predicted octanol–water partition coefficient (Wildman–Crippen LogP) is 4.26. The van der Waals surface area contributed by atoms with Gasteiger partial charge in [0.2, 0.25) is 0 Å². The number of ether oxygens (including phenoxy) is 1. The van der Waals surface area contributed by atoms with Crippen LogP contribution in [0.3, 0.4) is 0 Å². The number of methoxy groups -OCH3 is 1. The molecule has 0 saturated heterocycles. The Hall–Kier alpha value is -1.39. The fraction of sp³-hybridized carbons (Fsp3) is 0.250. The molecule has 0 amide bonds. The van der Waals surface area contributed by atoms with Crippen LogP contribution in [0.4, 0.5) is 4.39 Å². The molecule has 0 aliphatic carbocycles. The second-order valence-electron chi connectivity index (χ2n) is 4.88. The molecule has 0 saturated carbocycles. The van der Waals surface area contributed by atoms with E-state index < -0.39 is 6.04 Å². The van der Waals surface area contributed by atoms with E-state index in [1.165, 1.54) is 12.1 Å². The first-order valence-corrected chi connectivity index (χ1v) is 7.08. The van der Waals surface area contributed by atoms with Crippen molar-refractivity contribution in [2.24, 2.45) is 5.73 Å². The third kappa shape index (κ3) is 3.02. The number of benzene rings is 2. The number of hydrogen-bond donors (Lipinski definition) is 1. The second-order valence-corrected chi connectivity index (χ2v) is 5.74. The molecular formula is C16H17BrFNO. The Labute approximate surface area is 126 Å².